The smallest absolute Gasteiger partial charge is 0.237 e. The maximum Gasteiger partial charge on any atom is 0.237 e. The SMILES string of the molecule is CN(CC1(F)CN(CCS)C1)C(C)(C)C(N)=O. The quantitative estimate of drug-likeness (QED) is 0.670. The Morgan fingerprint density at radius 2 is 2.12 bits per heavy atom. The van der Waals surface area contributed by atoms with Crippen molar-refractivity contribution in [3.05, 3.63) is 0 Å². The summed E-state index contributed by atoms with van der Waals surface area (Å²) in [6.45, 7) is 5.27. The predicted molar refractivity (Wildman–Crippen MR) is 70.0 cm³/mol. The summed E-state index contributed by atoms with van der Waals surface area (Å²) in [7, 11) is 1.73. The molecular weight excluding hydrogens is 241 g/mol. The number of carbonyl (C=O) groups excluding carboxylic acids is 1. The molecule has 17 heavy (non-hydrogen) atoms. The van der Waals surface area contributed by atoms with E-state index in [0.29, 0.717) is 13.1 Å². The highest BCUT2D eigenvalue weighted by molar-refractivity contribution is 7.80. The van der Waals surface area contributed by atoms with Gasteiger partial charge in [-0.15, -0.1) is 0 Å². The number of thiol groups is 1. The molecule has 0 bridgehead atoms. The Bertz CT molecular complexity index is 292. The Balaban J connectivity index is 2.48. The monoisotopic (exact) mass is 263 g/mol. The van der Waals surface area contributed by atoms with Crippen LogP contribution in [-0.4, -0.2) is 65.9 Å². The van der Waals surface area contributed by atoms with E-state index in [4.69, 9.17) is 5.73 Å². The van der Waals surface area contributed by atoms with Gasteiger partial charge < -0.3 is 5.73 Å². The largest absolute Gasteiger partial charge is 0.368 e. The van der Waals surface area contributed by atoms with Gasteiger partial charge in [0.1, 0.15) is 5.67 Å². The lowest BCUT2D eigenvalue weighted by atomic mass is 9.93. The van der Waals surface area contributed by atoms with Crippen molar-refractivity contribution in [1.82, 2.24) is 9.80 Å². The first-order valence-corrected chi connectivity index (χ1v) is 6.38. The van der Waals surface area contributed by atoms with Gasteiger partial charge in [0.05, 0.1) is 5.54 Å². The summed E-state index contributed by atoms with van der Waals surface area (Å²) < 4.78 is 14.3. The summed E-state index contributed by atoms with van der Waals surface area (Å²) in [4.78, 5) is 15.0. The van der Waals surface area contributed by atoms with Crippen LogP contribution in [0.15, 0.2) is 0 Å². The molecule has 1 aliphatic heterocycles. The molecule has 1 saturated heterocycles. The Kier molecular flexibility index (Phi) is 4.43. The zero-order valence-electron chi connectivity index (χ0n) is 10.7. The van der Waals surface area contributed by atoms with Gasteiger partial charge in [-0.25, -0.2) is 4.39 Å². The first-order valence-electron chi connectivity index (χ1n) is 5.74. The highest BCUT2D eigenvalue weighted by Gasteiger charge is 2.46. The second kappa shape index (κ2) is 5.12. The van der Waals surface area contributed by atoms with Gasteiger partial charge >= 0.3 is 0 Å². The topological polar surface area (TPSA) is 49.6 Å². The first-order chi connectivity index (χ1) is 7.71. The molecule has 6 heteroatoms. The van der Waals surface area contributed by atoms with Crippen molar-refractivity contribution in [2.24, 2.45) is 5.73 Å². The first kappa shape index (κ1) is 14.7. The third kappa shape index (κ3) is 3.33. The number of nitrogens with two attached hydrogens (primary N) is 1. The third-order valence-corrected chi connectivity index (χ3v) is 3.71. The molecule has 0 spiro atoms. The molecule has 100 valence electrons. The van der Waals surface area contributed by atoms with Crippen LogP contribution in [0.4, 0.5) is 4.39 Å². The third-order valence-electron chi connectivity index (χ3n) is 3.51. The molecule has 0 radical (unpaired) electrons. The summed E-state index contributed by atoms with van der Waals surface area (Å²) in [6, 6.07) is 0. The molecule has 0 aromatic carbocycles. The van der Waals surface area contributed by atoms with E-state index in [-0.39, 0.29) is 6.54 Å². The van der Waals surface area contributed by atoms with Gasteiger partial charge in [-0.2, -0.15) is 12.6 Å². The van der Waals surface area contributed by atoms with Crippen molar-refractivity contribution in [3.63, 3.8) is 0 Å². The number of amides is 1. The van der Waals surface area contributed by atoms with Crippen LogP contribution in [0.3, 0.4) is 0 Å². The number of primary amides is 1. The van der Waals surface area contributed by atoms with Gasteiger partial charge in [-0.1, -0.05) is 0 Å². The van der Waals surface area contributed by atoms with E-state index in [1.807, 2.05) is 4.90 Å². The van der Waals surface area contributed by atoms with Gasteiger partial charge in [0, 0.05) is 31.9 Å². The fourth-order valence-electron chi connectivity index (χ4n) is 1.97. The highest BCUT2D eigenvalue weighted by Crippen LogP contribution is 2.28. The van der Waals surface area contributed by atoms with Gasteiger partial charge in [-0.05, 0) is 20.9 Å². The van der Waals surface area contributed by atoms with E-state index in [2.05, 4.69) is 12.6 Å². The van der Waals surface area contributed by atoms with Gasteiger partial charge in [-0.3, -0.25) is 14.6 Å². The summed E-state index contributed by atoms with van der Waals surface area (Å²) in [5.41, 5.74) is 3.25. The number of rotatable bonds is 6. The number of likely N-dealkylation sites (tertiary alicyclic amines) is 1. The van der Waals surface area contributed by atoms with Crippen LogP contribution >= 0.6 is 12.6 Å². The van der Waals surface area contributed by atoms with Crippen LogP contribution in [0, 0.1) is 0 Å². The molecule has 1 fully saturated rings. The zero-order valence-corrected chi connectivity index (χ0v) is 11.6. The van der Waals surface area contributed by atoms with Crippen LogP contribution in [0.5, 0.6) is 0 Å². The summed E-state index contributed by atoms with van der Waals surface area (Å²) >= 11 is 4.11. The Labute approximate surface area is 108 Å². The number of halogens is 1. The van der Waals surface area contributed by atoms with Crippen LogP contribution in [0.1, 0.15) is 13.8 Å². The van der Waals surface area contributed by atoms with E-state index >= 15 is 0 Å². The molecule has 0 aliphatic carbocycles. The number of nitrogens with zero attached hydrogens (tertiary/aromatic N) is 2. The average molecular weight is 263 g/mol. The van der Waals surface area contributed by atoms with Crippen molar-refractivity contribution >= 4 is 18.5 Å². The minimum atomic E-state index is -1.23. The summed E-state index contributed by atoms with van der Waals surface area (Å²) in [6.07, 6.45) is 0. The molecule has 2 N–H and O–H groups in total. The second-order valence-electron chi connectivity index (χ2n) is 5.36. The highest BCUT2D eigenvalue weighted by atomic mass is 32.1. The molecule has 0 saturated carbocycles. The van der Waals surface area contributed by atoms with Crippen LogP contribution in [-0.2, 0) is 4.79 Å². The Hall–Kier alpha value is -0.330. The van der Waals surface area contributed by atoms with E-state index in [1.54, 1.807) is 25.8 Å². The molecule has 0 aromatic rings. The van der Waals surface area contributed by atoms with E-state index < -0.39 is 17.1 Å². The molecule has 1 amide bonds. The summed E-state index contributed by atoms with van der Waals surface area (Å²) in [5.74, 6) is 0.300. The number of likely N-dealkylation sites (N-methyl/N-ethyl adjacent to an activating group) is 1. The number of carbonyl (C=O) groups is 1. The number of hydrogen-bond acceptors (Lipinski definition) is 4. The molecule has 1 aliphatic rings. The molecule has 1 rings (SSSR count). The lowest BCUT2D eigenvalue weighted by Gasteiger charge is -2.48. The minimum absolute atomic E-state index is 0.228. The van der Waals surface area contributed by atoms with E-state index in [0.717, 1.165) is 12.3 Å². The Morgan fingerprint density at radius 3 is 2.53 bits per heavy atom. The van der Waals surface area contributed by atoms with Gasteiger partial charge in [0.25, 0.3) is 0 Å². The fraction of sp³-hybridized carbons (Fsp3) is 0.909. The normalized spacial score (nSPS) is 20.4. The Morgan fingerprint density at radius 1 is 1.59 bits per heavy atom. The predicted octanol–water partition coefficient (Wildman–Crippen LogP) is 0.136. The average Bonchev–Trinajstić information content (AvgIpc) is 2.15. The second-order valence-corrected chi connectivity index (χ2v) is 5.81. The van der Waals surface area contributed by atoms with Gasteiger partial charge in [0.2, 0.25) is 5.91 Å². The molecule has 0 unspecified atom stereocenters. The van der Waals surface area contributed by atoms with Crippen LogP contribution in [0.2, 0.25) is 0 Å². The van der Waals surface area contributed by atoms with E-state index in [1.165, 1.54) is 0 Å². The lowest BCUT2D eigenvalue weighted by molar-refractivity contribution is -0.130. The molecule has 4 nitrogen and oxygen atoms in total. The maximum absolute atomic E-state index is 14.3. The van der Waals surface area contributed by atoms with E-state index in [9.17, 15) is 9.18 Å². The minimum Gasteiger partial charge on any atom is -0.368 e. The van der Waals surface area contributed by atoms with Crippen molar-refractivity contribution in [2.75, 3.05) is 39.0 Å². The summed E-state index contributed by atoms with van der Waals surface area (Å²) in [5, 5.41) is 0. The standard InChI is InChI=1S/C11H22FN3OS/c1-10(2,9(13)16)14(3)6-11(12)7-15(8-11)4-5-17/h17H,4-8H2,1-3H3,(H2,13,16). The van der Waals surface area contributed by atoms with Crippen molar-refractivity contribution in [3.8, 4) is 0 Å². The van der Waals surface area contributed by atoms with Crippen LogP contribution in [0.25, 0.3) is 0 Å². The molecule has 0 atom stereocenters. The zero-order chi connectivity index (χ0) is 13.3. The number of hydrogen-bond donors (Lipinski definition) is 2. The maximum atomic E-state index is 14.3. The van der Waals surface area contributed by atoms with Crippen molar-refractivity contribution in [2.45, 2.75) is 25.1 Å². The lowest BCUT2D eigenvalue weighted by Crippen LogP contribution is -2.66. The molecule has 0 aromatic heterocycles. The van der Waals surface area contributed by atoms with Gasteiger partial charge in [0.15, 0.2) is 0 Å². The van der Waals surface area contributed by atoms with Crippen LogP contribution < -0.4 is 5.73 Å². The molecular formula is C11H22FN3OS. The molecule has 1 heterocycles. The number of alkyl halides is 1. The van der Waals surface area contributed by atoms with Crippen molar-refractivity contribution in [1.29, 1.82) is 0 Å². The van der Waals surface area contributed by atoms with Crippen molar-refractivity contribution < 1.29 is 9.18 Å². The fourth-order valence-corrected chi connectivity index (χ4v) is 2.25.